The Kier molecular flexibility index (Phi) is 6.32. The van der Waals surface area contributed by atoms with E-state index >= 15 is 0 Å². The van der Waals surface area contributed by atoms with Gasteiger partial charge in [-0.3, -0.25) is 0 Å². The van der Waals surface area contributed by atoms with Gasteiger partial charge in [0.2, 0.25) is 0 Å². The topological polar surface area (TPSA) is 47.6 Å². The zero-order valence-corrected chi connectivity index (χ0v) is 13.0. The predicted molar refractivity (Wildman–Crippen MR) is 75.2 cm³/mol. The van der Waals surface area contributed by atoms with E-state index in [1.54, 1.807) is 19.9 Å². The van der Waals surface area contributed by atoms with Gasteiger partial charge in [-0.25, -0.2) is 4.79 Å². The Morgan fingerprint density at radius 1 is 1.38 bits per heavy atom. The first kappa shape index (κ1) is 17.6. The van der Waals surface area contributed by atoms with Gasteiger partial charge in [0.15, 0.2) is 5.75 Å². The largest absolute Gasteiger partial charge is 0.573 e. The number of carbonyl (C=O) groups is 1. The molecule has 1 N–H and O–H groups in total. The first-order chi connectivity index (χ1) is 9.76. The van der Waals surface area contributed by atoms with Crippen molar-refractivity contribution in [2.45, 2.75) is 32.7 Å². The number of esters is 1. The molecule has 0 saturated carbocycles. The minimum absolute atomic E-state index is 0.0652. The van der Waals surface area contributed by atoms with Gasteiger partial charge in [-0.1, -0.05) is 22.9 Å². The summed E-state index contributed by atoms with van der Waals surface area (Å²) in [5.74, 6) is -0.944. The number of halogens is 4. The highest BCUT2D eigenvalue weighted by molar-refractivity contribution is 9.10. The Morgan fingerprint density at radius 3 is 2.57 bits per heavy atom. The molecular weight excluding hydrogens is 355 g/mol. The van der Waals surface area contributed by atoms with E-state index < -0.39 is 24.1 Å². The number of hydrogen-bond acceptors (Lipinski definition) is 4. The zero-order valence-electron chi connectivity index (χ0n) is 11.5. The standard InChI is InChI=1S/C13H15BrF3NO3/c1-3-9(12(19)20-4-2)18-10-6-5-8(14)7-11(10)21-13(15,16)17/h5-7,9,18H,3-4H2,1-2H3. The first-order valence-corrected chi connectivity index (χ1v) is 7.04. The minimum Gasteiger partial charge on any atom is -0.464 e. The molecule has 118 valence electrons. The summed E-state index contributed by atoms with van der Waals surface area (Å²) < 4.78 is 46.4. The van der Waals surface area contributed by atoms with Crippen LogP contribution in [0.25, 0.3) is 0 Å². The maximum Gasteiger partial charge on any atom is 0.573 e. The molecule has 1 atom stereocenters. The highest BCUT2D eigenvalue weighted by Gasteiger charge is 2.32. The number of benzene rings is 1. The third kappa shape index (κ3) is 5.82. The number of rotatable bonds is 6. The molecule has 0 fully saturated rings. The van der Waals surface area contributed by atoms with Crippen LogP contribution in [-0.4, -0.2) is 25.0 Å². The maximum absolute atomic E-state index is 12.4. The van der Waals surface area contributed by atoms with Crippen LogP contribution in [0.5, 0.6) is 5.75 Å². The molecule has 4 nitrogen and oxygen atoms in total. The second-order valence-corrected chi connectivity index (χ2v) is 4.96. The lowest BCUT2D eigenvalue weighted by molar-refractivity contribution is -0.274. The molecule has 1 aromatic rings. The summed E-state index contributed by atoms with van der Waals surface area (Å²) >= 11 is 3.07. The molecule has 0 bridgehead atoms. The highest BCUT2D eigenvalue weighted by Crippen LogP contribution is 2.33. The normalized spacial score (nSPS) is 12.7. The summed E-state index contributed by atoms with van der Waals surface area (Å²) in [4.78, 5) is 11.7. The highest BCUT2D eigenvalue weighted by atomic mass is 79.9. The fourth-order valence-electron chi connectivity index (χ4n) is 1.58. The number of anilines is 1. The van der Waals surface area contributed by atoms with Crippen molar-refractivity contribution in [2.75, 3.05) is 11.9 Å². The van der Waals surface area contributed by atoms with Crippen molar-refractivity contribution in [1.82, 2.24) is 0 Å². The van der Waals surface area contributed by atoms with E-state index in [1.807, 2.05) is 0 Å². The summed E-state index contributed by atoms with van der Waals surface area (Å²) in [5, 5.41) is 2.71. The average molecular weight is 370 g/mol. The molecule has 0 aromatic heterocycles. The van der Waals surface area contributed by atoms with Gasteiger partial charge in [0.1, 0.15) is 6.04 Å². The van der Waals surface area contributed by atoms with Crippen LogP contribution in [-0.2, 0) is 9.53 Å². The predicted octanol–water partition coefficient (Wildman–Crippen LogP) is 4.10. The average Bonchev–Trinajstić information content (AvgIpc) is 2.36. The van der Waals surface area contributed by atoms with Crippen LogP contribution in [0.4, 0.5) is 18.9 Å². The molecule has 0 heterocycles. The van der Waals surface area contributed by atoms with E-state index in [4.69, 9.17) is 4.74 Å². The molecule has 0 radical (unpaired) electrons. The van der Waals surface area contributed by atoms with E-state index in [9.17, 15) is 18.0 Å². The number of nitrogens with one attached hydrogen (secondary N) is 1. The number of carbonyl (C=O) groups excluding carboxylic acids is 1. The Labute approximate surface area is 128 Å². The Hall–Kier alpha value is -1.44. The van der Waals surface area contributed by atoms with Crippen LogP contribution in [0.15, 0.2) is 22.7 Å². The van der Waals surface area contributed by atoms with Gasteiger partial charge >= 0.3 is 12.3 Å². The molecule has 0 aliphatic carbocycles. The van der Waals surface area contributed by atoms with Gasteiger partial charge < -0.3 is 14.8 Å². The summed E-state index contributed by atoms with van der Waals surface area (Å²) in [6.07, 6.45) is -4.46. The second kappa shape index (κ2) is 7.53. The van der Waals surface area contributed by atoms with Gasteiger partial charge in [0.05, 0.1) is 12.3 Å². The molecule has 0 spiro atoms. The smallest absolute Gasteiger partial charge is 0.464 e. The number of hydrogen-bond donors (Lipinski definition) is 1. The van der Waals surface area contributed by atoms with Crippen molar-refractivity contribution in [3.8, 4) is 5.75 Å². The van der Waals surface area contributed by atoms with E-state index in [2.05, 4.69) is 26.0 Å². The molecule has 0 aliphatic rings. The number of alkyl halides is 3. The van der Waals surface area contributed by atoms with Crippen LogP contribution < -0.4 is 10.1 Å². The van der Waals surface area contributed by atoms with Crippen molar-refractivity contribution < 1.29 is 27.4 Å². The van der Waals surface area contributed by atoms with Crippen molar-refractivity contribution in [3.05, 3.63) is 22.7 Å². The molecule has 0 aliphatic heterocycles. The van der Waals surface area contributed by atoms with Gasteiger partial charge in [-0.2, -0.15) is 0 Å². The van der Waals surface area contributed by atoms with Crippen molar-refractivity contribution in [1.29, 1.82) is 0 Å². The lowest BCUT2D eigenvalue weighted by Gasteiger charge is -2.20. The monoisotopic (exact) mass is 369 g/mol. The van der Waals surface area contributed by atoms with Crippen molar-refractivity contribution in [2.24, 2.45) is 0 Å². The lowest BCUT2D eigenvalue weighted by atomic mass is 10.2. The van der Waals surface area contributed by atoms with Crippen molar-refractivity contribution >= 4 is 27.6 Å². The van der Waals surface area contributed by atoms with E-state index in [-0.39, 0.29) is 12.3 Å². The third-order valence-corrected chi connectivity index (χ3v) is 2.97. The summed E-state index contributed by atoms with van der Waals surface area (Å²) in [7, 11) is 0. The quantitative estimate of drug-likeness (QED) is 0.766. The molecule has 0 amide bonds. The summed E-state index contributed by atoms with van der Waals surface area (Å²) in [5.41, 5.74) is 0.0652. The van der Waals surface area contributed by atoms with Crippen LogP contribution in [0.3, 0.4) is 0 Å². The molecule has 1 rings (SSSR count). The fourth-order valence-corrected chi connectivity index (χ4v) is 1.92. The lowest BCUT2D eigenvalue weighted by Crippen LogP contribution is -2.31. The van der Waals surface area contributed by atoms with Crippen LogP contribution in [0.1, 0.15) is 20.3 Å². The number of ether oxygens (including phenoxy) is 2. The van der Waals surface area contributed by atoms with E-state index in [1.165, 1.54) is 12.1 Å². The van der Waals surface area contributed by atoms with Crippen molar-refractivity contribution in [3.63, 3.8) is 0 Å². The second-order valence-electron chi connectivity index (χ2n) is 4.05. The molecular formula is C13H15BrF3NO3. The van der Waals surface area contributed by atoms with E-state index in [0.717, 1.165) is 0 Å². The van der Waals surface area contributed by atoms with Gasteiger partial charge in [0.25, 0.3) is 0 Å². The Morgan fingerprint density at radius 2 is 2.05 bits per heavy atom. The van der Waals surface area contributed by atoms with Crippen LogP contribution in [0, 0.1) is 0 Å². The Bertz CT molecular complexity index is 494. The Balaban J connectivity index is 2.98. The zero-order chi connectivity index (χ0) is 16.0. The summed E-state index contributed by atoms with van der Waals surface area (Å²) in [6, 6.07) is 3.37. The molecule has 0 saturated heterocycles. The fraction of sp³-hybridized carbons (Fsp3) is 0.462. The maximum atomic E-state index is 12.4. The van der Waals surface area contributed by atoms with Crippen LogP contribution in [0.2, 0.25) is 0 Å². The third-order valence-electron chi connectivity index (χ3n) is 2.48. The van der Waals surface area contributed by atoms with Crippen LogP contribution >= 0.6 is 15.9 Å². The minimum atomic E-state index is -4.82. The SMILES string of the molecule is CCOC(=O)C(CC)Nc1ccc(Br)cc1OC(F)(F)F. The molecule has 1 aromatic carbocycles. The van der Waals surface area contributed by atoms with E-state index in [0.29, 0.717) is 10.9 Å². The summed E-state index contributed by atoms with van der Waals surface area (Å²) in [6.45, 7) is 3.57. The van der Waals surface area contributed by atoms with Gasteiger partial charge in [-0.15, -0.1) is 13.2 Å². The van der Waals surface area contributed by atoms with Gasteiger partial charge in [0, 0.05) is 4.47 Å². The molecule has 8 heteroatoms. The molecule has 21 heavy (non-hydrogen) atoms. The van der Waals surface area contributed by atoms with Gasteiger partial charge in [-0.05, 0) is 31.5 Å². The first-order valence-electron chi connectivity index (χ1n) is 6.25. The molecule has 1 unspecified atom stereocenters.